The monoisotopic (exact) mass is 1020 g/mol. The Kier molecular flexibility index (Phi) is 30.1. The third kappa shape index (κ3) is 26.0. The predicted molar refractivity (Wildman–Crippen MR) is 265 cm³/mol. The van der Waals surface area contributed by atoms with Crippen LogP contribution in [0.5, 0.6) is 5.75 Å². The molecule has 5 atom stereocenters. The van der Waals surface area contributed by atoms with Gasteiger partial charge in [-0.1, -0.05) is 30.3 Å². The van der Waals surface area contributed by atoms with Gasteiger partial charge in [0.25, 0.3) is 0 Å². The Morgan fingerprint density at radius 3 is 1.89 bits per heavy atom. The molecule has 4 amide bonds. The van der Waals surface area contributed by atoms with Crippen molar-refractivity contribution in [3.8, 4) is 5.75 Å². The van der Waals surface area contributed by atoms with E-state index in [2.05, 4.69) is 31.1 Å². The molecule has 0 aliphatic carbocycles. The number of nitrogens with one attached hydrogen (secondary N) is 5. The van der Waals surface area contributed by atoms with Gasteiger partial charge in [-0.15, -0.1) is 0 Å². The third-order valence-electron chi connectivity index (χ3n) is 10.9. The van der Waals surface area contributed by atoms with Crippen LogP contribution in [0.1, 0.15) is 54.4 Å². The minimum atomic E-state index is -3.88. The first-order valence-electron chi connectivity index (χ1n) is 24.0. The van der Waals surface area contributed by atoms with Crippen molar-refractivity contribution in [1.29, 1.82) is 0 Å². The van der Waals surface area contributed by atoms with E-state index >= 15 is 0 Å². The molecule has 1 aliphatic heterocycles. The molecular formula is C47H78N9O14P. The summed E-state index contributed by atoms with van der Waals surface area (Å²) in [6.07, 6.45) is 1.27. The van der Waals surface area contributed by atoms with Crippen LogP contribution in [0.15, 0.2) is 47.5 Å². The van der Waals surface area contributed by atoms with Gasteiger partial charge < -0.3 is 71.4 Å². The number of aryl methyl sites for hydroxylation is 2. The lowest BCUT2D eigenvalue weighted by Gasteiger charge is -2.26. The number of phenolic OH excluding ortho intramolecular Hbond substituents is 1. The molecular weight excluding hydrogens is 946 g/mol. The van der Waals surface area contributed by atoms with Crippen molar-refractivity contribution in [2.24, 2.45) is 22.2 Å². The van der Waals surface area contributed by atoms with E-state index < -0.39 is 55.5 Å². The number of aromatic hydroxyl groups is 1. The number of hydrogen-bond acceptors (Lipinski definition) is 17. The topological polar surface area (TPSA) is 330 Å². The molecule has 3 rings (SSSR count). The van der Waals surface area contributed by atoms with Gasteiger partial charge in [-0.25, -0.2) is 9.65 Å². The number of phenols is 1. The molecule has 0 radical (unpaired) electrons. The number of ether oxygens (including phenoxy) is 7. The molecule has 12 N–H and O–H groups in total. The van der Waals surface area contributed by atoms with Crippen LogP contribution in [0.25, 0.3) is 0 Å². The van der Waals surface area contributed by atoms with Gasteiger partial charge in [-0.3, -0.25) is 33.8 Å². The second-order valence-electron chi connectivity index (χ2n) is 16.6. The number of aliphatic imine (C=N–C) groups is 1. The lowest BCUT2D eigenvalue weighted by molar-refractivity contribution is -0.133. The summed E-state index contributed by atoms with van der Waals surface area (Å²) in [5.74, 6) is -2.88. The van der Waals surface area contributed by atoms with Crippen molar-refractivity contribution in [3.05, 3.63) is 64.7 Å². The highest BCUT2D eigenvalue weighted by molar-refractivity contribution is 7.55. The molecule has 400 valence electrons. The van der Waals surface area contributed by atoms with E-state index in [1.165, 1.54) is 0 Å². The molecule has 24 heteroatoms. The Morgan fingerprint density at radius 1 is 0.789 bits per heavy atom. The molecule has 2 aromatic rings. The highest BCUT2D eigenvalue weighted by atomic mass is 31.2. The Hall–Kier alpha value is -4.78. The lowest BCUT2D eigenvalue weighted by Crippen LogP contribution is -2.58. The molecule has 1 aliphatic rings. The Labute approximate surface area is 417 Å². The molecule has 0 aromatic heterocycles. The summed E-state index contributed by atoms with van der Waals surface area (Å²) in [4.78, 5) is 58.7. The minimum absolute atomic E-state index is 0.0116. The number of carbonyl (C=O) groups is 4. The van der Waals surface area contributed by atoms with Crippen LogP contribution in [0.3, 0.4) is 0 Å². The fraction of sp³-hybridized carbons (Fsp3) is 0.638. The smallest absolute Gasteiger partial charge is 0.368 e. The van der Waals surface area contributed by atoms with Gasteiger partial charge in [-0.05, 0) is 80.3 Å². The van der Waals surface area contributed by atoms with E-state index in [4.69, 9.17) is 54.9 Å². The fourth-order valence-electron chi connectivity index (χ4n) is 7.08. The molecule has 0 saturated carbocycles. The summed E-state index contributed by atoms with van der Waals surface area (Å²) < 4.78 is 57.6. The van der Waals surface area contributed by atoms with Crippen LogP contribution in [0, 0.1) is 13.8 Å². The van der Waals surface area contributed by atoms with E-state index in [9.17, 15) is 28.8 Å². The maximum Gasteiger partial charge on any atom is 0.368 e. The number of carbonyl (C=O) groups excluding carboxylic acids is 4. The fourth-order valence-corrected chi connectivity index (χ4v) is 8.48. The van der Waals surface area contributed by atoms with Gasteiger partial charge in [0.05, 0.1) is 98.5 Å². The quantitative estimate of drug-likeness (QED) is 0.0393. The SMILES string of the molecule is COCCOCCOCCOCCOCCOCCOCCOP1(=O)NCCCCC(C(=O)N[C@@H](Cc2ccccc2)C(N)=O)NC(=O)[C@H](Cc2c(C)cc(O)cc2C)NC(=O)[C@H](N)CCCN=C(N)N1. The van der Waals surface area contributed by atoms with Gasteiger partial charge >= 0.3 is 7.67 Å². The number of nitrogens with two attached hydrogens (primary N) is 3. The number of hydrogen-bond donors (Lipinski definition) is 9. The lowest BCUT2D eigenvalue weighted by atomic mass is 9.95. The Balaban J connectivity index is 1.58. The van der Waals surface area contributed by atoms with Crippen molar-refractivity contribution in [1.82, 2.24) is 26.1 Å². The largest absolute Gasteiger partial charge is 0.508 e. The maximum atomic E-state index is 14.2. The average molecular weight is 1020 g/mol. The number of rotatable bonds is 29. The van der Waals surface area contributed by atoms with E-state index in [-0.39, 0.29) is 70.3 Å². The predicted octanol–water partition coefficient (Wildman–Crippen LogP) is 0.390. The Bertz CT molecular complexity index is 1930. The first-order chi connectivity index (χ1) is 34.2. The van der Waals surface area contributed by atoms with Crippen LogP contribution in [0.4, 0.5) is 0 Å². The van der Waals surface area contributed by atoms with E-state index in [0.29, 0.717) is 109 Å². The molecule has 1 heterocycles. The first-order valence-corrected chi connectivity index (χ1v) is 25.7. The molecule has 2 unspecified atom stereocenters. The zero-order chi connectivity index (χ0) is 51.7. The zero-order valence-electron chi connectivity index (χ0n) is 41.5. The van der Waals surface area contributed by atoms with E-state index in [1.54, 1.807) is 57.4 Å². The van der Waals surface area contributed by atoms with E-state index in [0.717, 1.165) is 5.56 Å². The van der Waals surface area contributed by atoms with Crippen molar-refractivity contribution < 1.29 is 66.5 Å². The van der Waals surface area contributed by atoms with Crippen molar-refractivity contribution in [2.75, 3.05) is 113 Å². The van der Waals surface area contributed by atoms with Crippen LogP contribution in [-0.2, 0) is 74.3 Å². The van der Waals surface area contributed by atoms with Crippen molar-refractivity contribution in [3.63, 3.8) is 0 Å². The highest BCUT2D eigenvalue weighted by Crippen LogP contribution is 2.37. The summed E-state index contributed by atoms with van der Waals surface area (Å²) in [5.41, 5.74) is 21.0. The van der Waals surface area contributed by atoms with Crippen molar-refractivity contribution >= 4 is 37.3 Å². The number of primary amides is 1. The summed E-state index contributed by atoms with van der Waals surface area (Å²) in [5, 5.41) is 24.0. The van der Waals surface area contributed by atoms with Crippen LogP contribution in [-0.4, -0.2) is 172 Å². The van der Waals surface area contributed by atoms with Gasteiger partial charge in [0, 0.05) is 33.0 Å². The van der Waals surface area contributed by atoms with Gasteiger partial charge in [0.1, 0.15) is 23.9 Å². The number of benzene rings is 2. The molecule has 0 spiro atoms. The zero-order valence-corrected chi connectivity index (χ0v) is 42.4. The second kappa shape index (κ2) is 35.4. The number of methoxy groups -OCH3 is 1. The molecule has 0 bridgehead atoms. The van der Waals surface area contributed by atoms with Gasteiger partial charge in [0.15, 0.2) is 5.96 Å². The summed E-state index contributed by atoms with van der Waals surface area (Å²) in [7, 11) is -2.26. The molecule has 2 aromatic carbocycles. The molecule has 0 fully saturated rings. The first kappa shape index (κ1) is 60.5. The maximum absolute atomic E-state index is 14.2. The normalized spacial score (nSPS) is 20.3. The van der Waals surface area contributed by atoms with Crippen LogP contribution >= 0.6 is 7.67 Å². The summed E-state index contributed by atoms with van der Waals surface area (Å²) in [6.45, 7) is 8.87. The second-order valence-corrected chi connectivity index (χ2v) is 18.5. The number of guanidine groups is 1. The molecule has 23 nitrogen and oxygen atoms in total. The van der Waals surface area contributed by atoms with Gasteiger partial charge in [-0.2, -0.15) is 0 Å². The third-order valence-corrected chi connectivity index (χ3v) is 12.6. The standard InChI is InChI=1S/C47H78N9O14P/c1-34-30-37(57)31-35(2)38(34)33-42-46(61)53-40(45(60)54-41(43(49)58)32-36-10-5-4-6-11-36)13-7-8-15-52-71(62,56-47(50)51-14-9-12-39(48)44(59)55-42)70-29-28-69-27-26-68-25-24-67-23-22-66-21-20-65-19-18-64-17-16-63-3/h4-6,10-11,30-31,39-42,57H,7-9,12-29,32-33,48H2,1-3H3,(H2,49,58)(H,53,61)(H,54,60)(H,55,59)(H4,50,51,52,56,62)/t39-,40?,41+,42+,71?/m1/s1. The van der Waals surface area contributed by atoms with E-state index in [1.807, 2.05) is 6.07 Å². The molecule has 0 saturated heterocycles. The Morgan fingerprint density at radius 2 is 1.34 bits per heavy atom. The van der Waals surface area contributed by atoms with Gasteiger partial charge in [0.2, 0.25) is 23.6 Å². The summed E-state index contributed by atoms with van der Waals surface area (Å²) >= 11 is 0. The van der Waals surface area contributed by atoms with Crippen LogP contribution in [0.2, 0.25) is 0 Å². The van der Waals surface area contributed by atoms with Crippen LogP contribution < -0.4 is 43.3 Å². The minimum Gasteiger partial charge on any atom is -0.508 e. The molecule has 71 heavy (non-hydrogen) atoms. The highest BCUT2D eigenvalue weighted by Gasteiger charge is 2.31. The average Bonchev–Trinajstić information content (AvgIpc) is 3.33. The number of amides is 4. The van der Waals surface area contributed by atoms with Crippen molar-refractivity contribution in [2.45, 2.75) is 83.0 Å². The number of nitrogens with zero attached hydrogens (tertiary/aromatic N) is 1. The summed E-state index contributed by atoms with van der Waals surface area (Å²) in [6, 6.07) is 7.54.